The van der Waals surface area contributed by atoms with E-state index in [4.69, 9.17) is 0 Å². The molecule has 4 heteroatoms. The highest BCUT2D eigenvalue weighted by molar-refractivity contribution is 7.08. The zero-order valence-electron chi connectivity index (χ0n) is 20.3. The summed E-state index contributed by atoms with van der Waals surface area (Å²) in [6.07, 6.45) is 0. The molecule has 2 heterocycles. The number of thiazole rings is 2. The molecule has 0 spiro atoms. The van der Waals surface area contributed by atoms with Crippen LogP contribution in [0.25, 0.3) is 77.1 Å². The topological polar surface area (TPSA) is 25.8 Å². The van der Waals surface area contributed by atoms with Crippen LogP contribution in [0.4, 0.5) is 0 Å². The first-order valence-corrected chi connectivity index (χ1v) is 14.4. The number of hydrogen-bond acceptors (Lipinski definition) is 4. The molecule has 38 heavy (non-hydrogen) atoms. The molecule has 0 aliphatic heterocycles. The summed E-state index contributed by atoms with van der Waals surface area (Å²) < 4.78 is 0. The Labute approximate surface area is 227 Å². The maximum atomic E-state index is 4.44. The Balaban J connectivity index is 1.21. The molecule has 2 nitrogen and oxygen atoms in total. The summed E-state index contributed by atoms with van der Waals surface area (Å²) in [7, 11) is 0. The van der Waals surface area contributed by atoms with Crippen LogP contribution in [0.3, 0.4) is 0 Å². The van der Waals surface area contributed by atoms with Gasteiger partial charge in [-0.3, -0.25) is 0 Å². The highest BCUT2D eigenvalue weighted by Gasteiger charge is 2.13. The summed E-state index contributed by atoms with van der Waals surface area (Å²) in [6.45, 7) is 0. The molecular weight excluding hydrogens is 501 g/mol. The van der Waals surface area contributed by atoms with Crippen LogP contribution in [0.5, 0.6) is 0 Å². The molecule has 178 valence electrons. The molecule has 0 amide bonds. The fourth-order valence-electron chi connectivity index (χ4n) is 5.55. The minimum Gasteiger partial charge on any atom is -0.245 e. The van der Waals surface area contributed by atoms with Crippen molar-refractivity contribution >= 4 is 55.0 Å². The van der Waals surface area contributed by atoms with E-state index >= 15 is 0 Å². The van der Waals surface area contributed by atoms with Gasteiger partial charge in [0.15, 0.2) is 0 Å². The maximum Gasteiger partial charge on any atom is 0.0811 e. The van der Waals surface area contributed by atoms with Crippen LogP contribution in [-0.4, -0.2) is 9.97 Å². The van der Waals surface area contributed by atoms with Crippen molar-refractivity contribution in [3.05, 3.63) is 119 Å². The Kier molecular flexibility index (Phi) is 4.90. The minimum absolute atomic E-state index is 1.03. The SMILES string of the molecule is c1nc(-c2ccc(-c3cc4ccc5cc(-c6ccc(-c7cscn7)cc6)cc6ccc(c3)c4c56)cc2)cs1. The predicted molar refractivity (Wildman–Crippen MR) is 163 cm³/mol. The fraction of sp³-hybridized carbons (Fsp3) is 0. The molecular formula is C34H20N2S2. The van der Waals surface area contributed by atoms with Gasteiger partial charge in [0.2, 0.25) is 0 Å². The lowest BCUT2D eigenvalue weighted by Gasteiger charge is -2.15. The normalized spacial score (nSPS) is 11.7. The van der Waals surface area contributed by atoms with E-state index in [0.717, 1.165) is 22.5 Å². The van der Waals surface area contributed by atoms with Crippen molar-refractivity contribution in [3.63, 3.8) is 0 Å². The molecule has 0 saturated carbocycles. The average molecular weight is 521 g/mol. The number of nitrogens with zero attached hydrogens (tertiary/aromatic N) is 2. The van der Waals surface area contributed by atoms with Crippen molar-refractivity contribution in [2.75, 3.05) is 0 Å². The zero-order chi connectivity index (χ0) is 25.1. The van der Waals surface area contributed by atoms with Crippen LogP contribution in [0, 0.1) is 0 Å². The second kappa shape index (κ2) is 8.59. The lowest BCUT2D eigenvalue weighted by Crippen LogP contribution is -1.88. The highest BCUT2D eigenvalue weighted by Crippen LogP contribution is 2.40. The van der Waals surface area contributed by atoms with Crippen LogP contribution in [0.2, 0.25) is 0 Å². The number of hydrogen-bond donors (Lipinski definition) is 0. The second-order valence-electron chi connectivity index (χ2n) is 9.63. The Morgan fingerprint density at radius 1 is 0.368 bits per heavy atom. The largest absolute Gasteiger partial charge is 0.245 e. The van der Waals surface area contributed by atoms with Gasteiger partial charge >= 0.3 is 0 Å². The van der Waals surface area contributed by atoms with Gasteiger partial charge in [-0.05, 0) is 78.8 Å². The molecule has 0 aliphatic rings. The number of rotatable bonds is 4. The second-order valence-corrected chi connectivity index (χ2v) is 11.1. The molecule has 0 radical (unpaired) electrons. The van der Waals surface area contributed by atoms with E-state index in [2.05, 4.69) is 118 Å². The van der Waals surface area contributed by atoms with Gasteiger partial charge in [0, 0.05) is 21.9 Å². The van der Waals surface area contributed by atoms with Crippen LogP contribution >= 0.6 is 22.7 Å². The first kappa shape index (κ1) is 21.7. The summed E-state index contributed by atoms with van der Waals surface area (Å²) in [5.74, 6) is 0. The molecule has 0 N–H and O–H groups in total. The maximum absolute atomic E-state index is 4.44. The van der Waals surface area contributed by atoms with Gasteiger partial charge < -0.3 is 0 Å². The van der Waals surface area contributed by atoms with E-state index in [9.17, 15) is 0 Å². The predicted octanol–water partition coefficient (Wildman–Crippen LogP) is 10.2. The van der Waals surface area contributed by atoms with Gasteiger partial charge in [0.05, 0.1) is 22.4 Å². The third kappa shape index (κ3) is 3.53. The molecule has 2 aromatic heterocycles. The van der Waals surface area contributed by atoms with Crippen LogP contribution < -0.4 is 0 Å². The summed E-state index contributed by atoms with van der Waals surface area (Å²) in [5.41, 5.74) is 13.1. The Morgan fingerprint density at radius 3 is 1.03 bits per heavy atom. The van der Waals surface area contributed by atoms with Crippen molar-refractivity contribution < 1.29 is 0 Å². The van der Waals surface area contributed by atoms with Crippen LogP contribution in [0.15, 0.2) is 119 Å². The third-order valence-electron chi connectivity index (χ3n) is 7.43. The van der Waals surface area contributed by atoms with Gasteiger partial charge in [-0.1, -0.05) is 72.8 Å². The van der Waals surface area contributed by atoms with Crippen molar-refractivity contribution in [1.29, 1.82) is 0 Å². The van der Waals surface area contributed by atoms with Gasteiger partial charge in [0.25, 0.3) is 0 Å². The minimum atomic E-state index is 1.03. The quantitative estimate of drug-likeness (QED) is 0.216. The first-order valence-electron chi connectivity index (χ1n) is 12.5. The lowest BCUT2D eigenvalue weighted by molar-refractivity contribution is 1.41. The Morgan fingerprint density at radius 2 is 0.711 bits per heavy atom. The Hall–Kier alpha value is -4.38. The van der Waals surface area contributed by atoms with Crippen LogP contribution in [-0.2, 0) is 0 Å². The van der Waals surface area contributed by atoms with E-state index in [-0.39, 0.29) is 0 Å². The highest BCUT2D eigenvalue weighted by atomic mass is 32.1. The molecule has 0 atom stereocenters. The zero-order valence-corrected chi connectivity index (χ0v) is 21.9. The van der Waals surface area contributed by atoms with Gasteiger partial charge in [0.1, 0.15) is 0 Å². The molecule has 6 aromatic carbocycles. The standard InChI is InChI=1S/C34H20N2S2/c1-5-23(31-17-37-19-35-31)6-2-21(1)29-13-25-9-11-27-15-30(16-28-12-10-26(14-29)33(25)34(27)28)22-3-7-24(8-4-22)32-18-38-20-36-32/h1-20H. The van der Waals surface area contributed by atoms with E-state index in [1.165, 1.54) is 54.6 Å². The average Bonchev–Trinajstić information content (AvgIpc) is 3.71. The van der Waals surface area contributed by atoms with Crippen molar-refractivity contribution in [2.45, 2.75) is 0 Å². The fourth-order valence-corrected chi connectivity index (χ4v) is 6.67. The van der Waals surface area contributed by atoms with Crippen molar-refractivity contribution in [2.24, 2.45) is 0 Å². The smallest absolute Gasteiger partial charge is 0.0811 e. The number of benzene rings is 6. The van der Waals surface area contributed by atoms with Crippen molar-refractivity contribution in [3.8, 4) is 44.8 Å². The number of aromatic nitrogens is 2. The molecule has 0 bridgehead atoms. The van der Waals surface area contributed by atoms with E-state index < -0.39 is 0 Å². The monoisotopic (exact) mass is 520 g/mol. The molecule has 8 aromatic rings. The summed E-state index contributed by atoms with van der Waals surface area (Å²) in [6, 6.07) is 35.8. The van der Waals surface area contributed by atoms with Gasteiger partial charge in [-0.25, -0.2) is 9.97 Å². The molecule has 0 unspecified atom stereocenters. The van der Waals surface area contributed by atoms with E-state index in [1.807, 2.05) is 11.0 Å². The summed E-state index contributed by atoms with van der Waals surface area (Å²) >= 11 is 3.25. The molecule has 8 rings (SSSR count). The third-order valence-corrected chi connectivity index (χ3v) is 8.60. The van der Waals surface area contributed by atoms with E-state index in [0.29, 0.717) is 0 Å². The van der Waals surface area contributed by atoms with Crippen LogP contribution in [0.1, 0.15) is 0 Å². The molecule has 0 aliphatic carbocycles. The molecule has 0 fully saturated rings. The van der Waals surface area contributed by atoms with Gasteiger partial charge in [-0.15, -0.1) is 22.7 Å². The summed E-state index contributed by atoms with van der Waals surface area (Å²) in [5, 5.41) is 12.0. The Bertz CT molecular complexity index is 1820. The molecule has 0 saturated heterocycles. The van der Waals surface area contributed by atoms with Gasteiger partial charge in [-0.2, -0.15) is 0 Å². The summed E-state index contributed by atoms with van der Waals surface area (Å²) in [4.78, 5) is 8.88. The first-order chi connectivity index (χ1) is 18.8. The van der Waals surface area contributed by atoms with E-state index in [1.54, 1.807) is 22.7 Å². The van der Waals surface area contributed by atoms with Crippen molar-refractivity contribution in [1.82, 2.24) is 9.97 Å². The lowest BCUT2D eigenvalue weighted by atomic mass is 9.89.